The quantitative estimate of drug-likeness (QED) is 0.0737. The van der Waals surface area contributed by atoms with Gasteiger partial charge in [-0.15, -0.1) is 26.3 Å². The number of benzene rings is 10. The minimum absolute atomic E-state index is 0.00385. The second-order valence-corrected chi connectivity index (χ2v) is 28.9. The Balaban J connectivity index is 0.000000116. The summed E-state index contributed by atoms with van der Waals surface area (Å²) in [4.78, 5) is 60.4. The number of para-hydroxylation sites is 3. The average molecular weight is 1630 g/mol. The molecule has 0 fully saturated rings. The fraction of sp³-hybridized carbons (Fsp3) is 0.256. The van der Waals surface area contributed by atoms with Crippen molar-refractivity contribution in [2.45, 2.75) is 95.4 Å². The maximum absolute atomic E-state index is 13.4. The van der Waals surface area contributed by atoms with Crippen LogP contribution in [0.2, 0.25) is 0 Å². The Morgan fingerprint density at radius 3 is 1.28 bits per heavy atom. The van der Waals surface area contributed by atoms with Gasteiger partial charge >= 0.3 is 18.9 Å². The molecule has 614 valence electrons. The number of carbonyl (C=O) groups excluding carboxylic acids is 5. The third kappa shape index (κ3) is 17.7. The Hall–Kier alpha value is -13.7. The van der Waals surface area contributed by atoms with Gasteiger partial charge in [-0.05, 0) is 160 Å². The summed E-state index contributed by atoms with van der Waals surface area (Å²) in [6, 6.07) is 56.0. The molecule has 4 amide bonds. The highest BCUT2D eigenvalue weighted by Crippen LogP contribution is 2.54. The highest BCUT2D eigenvalue weighted by molar-refractivity contribution is 6.06. The van der Waals surface area contributed by atoms with Gasteiger partial charge in [-0.3, -0.25) is 24.0 Å². The lowest BCUT2D eigenvalue weighted by molar-refractivity contribution is -0.287. The predicted octanol–water partition coefficient (Wildman–Crippen LogP) is 18.0. The van der Waals surface area contributed by atoms with Gasteiger partial charge in [0, 0.05) is 113 Å². The SMILES string of the molecule is CC(C)COc1ccccc1C1CC(=O)Nc2cc3c(cc21)OC(F)(F)O3.CCOc1ccccc1C1=CC(=O)Cc2cc3c(cc21)OC(F)(F)O3.COc1ccc(C2CC(=O)Nc3cc4c(cc32)OCO4)cc1.COc1ccc(C2CC(=O)Nc3ccc(OC)cc32)cc1.COc1ccccc1C1CC(=O)Nc2cc3c(cc21)OC(F)(F)O3. The topological polar surface area (TPSA) is 263 Å². The van der Waals surface area contributed by atoms with E-state index in [1.807, 2.05) is 160 Å². The van der Waals surface area contributed by atoms with Crippen molar-refractivity contribution in [3.8, 4) is 80.5 Å². The molecule has 119 heavy (non-hydrogen) atoms. The van der Waals surface area contributed by atoms with E-state index in [4.69, 9.17) is 37.9 Å². The van der Waals surface area contributed by atoms with Crippen LogP contribution >= 0.6 is 0 Å². The number of hydrogen-bond donors (Lipinski definition) is 4. The summed E-state index contributed by atoms with van der Waals surface area (Å²) in [5, 5.41) is 11.2. The van der Waals surface area contributed by atoms with Crippen LogP contribution in [0.15, 0.2) is 194 Å². The number of fused-ring (bicyclic) bond motifs is 9. The number of carbonyl (C=O) groups is 5. The number of hydrogen-bond acceptors (Lipinski definition) is 19. The van der Waals surface area contributed by atoms with E-state index in [2.05, 4.69) is 49.7 Å². The number of alkyl halides is 6. The molecular formula is C90H78F6N4O19. The van der Waals surface area contributed by atoms with Crippen molar-refractivity contribution in [3.05, 3.63) is 255 Å². The van der Waals surface area contributed by atoms with E-state index in [1.54, 1.807) is 40.6 Å². The standard InChI is InChI=1S/C20H19F2NO4.C19H14F2O4.C17H13F2NO4.C17H15NO4.C17H17NO3/c1-11(2)10-25-16-6-4-3-5-12(16)13-8-19(24)23-15-9-18-17(7-14(13)15)26-20(21,22)27-18;1-2-23-16-6-4-3-5-13(16)15-9-12(22)7-11-8-17-18(10-14(11)15)25-19(20,21)24-17;1-22-13-5-3-2-4-9(13)10-7-16(21)20-12-8-15-14(6-11(10)12)23-17(18,19)24-15;1-20-11-4-2-10(3-5-11)12-7-17(19)18-14-8-16-15(6-13(12)14)21-9-22-16;1-20-12-5-3-11(4-6-12)14-10-17(19)18-16-8-7-13(21-2)9-15(14)16/h3-7,9,11,13H,8,10H2,1-2H3,(H,23,24);3-6,8-10H,2,7H2,1H3;2-6,8,10H,7H2,1H3,(H,20,21);2-6,8,12H,7,9H2,1H3,(H,18,19);3-9,14H,10H2,1-2H3,(H,18,19). The molecule has 4 atom stereocenters. The lowest BCUT2D eigenvalue weighted by Crippen LogP contribution is -2.25. The number of halogens is 6. The van der Waals surface area contributed by atoms with Gasteiger partial charge in [0.25, 0.3) is 0 Å². The Kier molecular flexibility index (Phi) is 22.6. The van der Waals surface area contributed by atoms with Crippen molar-refractivity contribution in [2.75, 3.05) is 69.7 Å². The lowest BCUT2D eigenvalue weighted by Gasteiger charge is -2.27. The number of rotatable bonds is 14. The van der Waals surface area contributed by atoms with E-state index in [9.17, 15) is 50.3 Å². The molecule has 1 aliphatic carbocycles. The smallest absolute Gasteiger partial charge is 0.497 e. The number of allylic oxidation sites excluding steroid dienone is 1. The van der Waals surface area contributed by atoms with E-state index in [0.717, 1.165) is 73.3 Å². The van der Waals surface area contributed by atoms with Gasteiger partial charge in [0.1, 0.15) is 34.5 Å². The van der Waals surface area contributed by atoms with Crippen molar-refractivity contribution >= 4 is 57.7 Å². The minimum atomic E-state index is -3.70. The summed E-state index contributed by atoms with van der Waals surface area (Å²) < 4.78 is 151. The van der Waals surface area contributed by atoms with Crippen molar-refractivity contribution in [1.29, 1.82) is 0 Å². The molecule has 23 nitrogen and oxygen atoms in total. The van der Waals surface area contributed by atoms with Crippen LogP contribution in [0.4, 0.5) is 49.1 Å². The number of anilines is 4. The molecule has 0 bridgehead atoms. The maximum Gasteiger partial charge on any atom is 0.586 e. The Bertz CT molecular complexity index is 5630. The monoisotopic (exact) mass is 1630 g/mol. The first-order valence-electron chi connectivity index (χ1n) is 37.9. The van der Waals surface area contributed by atoms with Gasteiger partial charge in [0.2, 0.25) is 30.4 Å². The van der Waals surface area contributed by atoms with Crippen molar-refractivity contribution in [2.24, 2.45) is 5.92 Å². The zero-order valence-corrected chi connectivity index (χ0v) is 65.0. The first-order valence-corrected chi connectivity index (χ1v) is 37.9. The van der Waals surface area contributed by atoms with Gasteiger partial charge < -0.3 is 87.6 Å². The Morgan fingerprint density at radius 2 is 0.782 bits per heavy atom. The van der Waals surface area contributed by atoms with Gasteiger partial charge in [-0.1, -0.05) is 92.7 Å². The van der Waals surface area contributed by atoms with E-state index in [1.165, 1.54) is 42.5 Å². The Labute approximate surface area is 678 Å². The predicted molar refractivity (Wildman–Crippen MR) is 423 cm³/mol. The number of ketones is 1. The fourth-order valence-corrected chi connectivity index (χ4v) is 15.3. The number of amides is 4. The summed E-state index contributed by atoms with van der Waals surface area (Å²) in [5.41, 5.74) is 12.5. The summed E-state index contributed by atoms with van der Waals surface area (Å²) in [7, 11) is 6.47. The van der Waals surface area contributed by atoms with Gasteiger partial charge in [0.15, 0.2) is 51.8 Å². The molecule has 0 saturated carbocycles. The number of nitrogens with one attached hydrogen (secondary N) is 4. The van der Waals surface area contributed by atoms with Crippen LogP contribution in [0.1, 0.15) is 131 Å². The molecular weight excluding hydrogens is 1550 g/mol. The van der Waals surface area contributed by atoms with Crippen molar-refractivity contribution in [3.63, 3.8) is 0 Å². The summed E-state index contributed by atoms with van der Waals surface area (Å²) >= 11 is 0. The molecule has 29 heteroatoms. The normalized spacial score (nSPS) is 18.5. The van der Waals surface area contributed by atoms with Crippen LogP contribution in [-0.4, -0.2) is 96.7 Å². The molecule has 10 aromatic rings. The second-order valence-electron chi connectivity index (χ2n) is 28.9. The van der Waals surface area contributed by atoms with E-state index < -0.39 is 18.9 Å². The highest BCUT2D eigenvalue weighted by atomic mass is 19.3. The van der Waals surface area contributed by atoms with Crippen LogP contribution in [0, 0.1) is 5.92 Å². The molecule has 9 aliphatic rings. The maximum atomic E-state index is 13.4. The van der Waals surface area contributed by atoms with Crippen LogP contribution in [-0.2, 0) is 30.4 Å². The second kappa shape index (κ2) is 33.5. The minimum Gasteiger partial charge on any atom is -0.497 e. The molecule has 8 heterocycles. The molecule has 8 aliphatic heterocycles. The molecule has 4 N–H and O–H groups in total. The zero-order chi connectivity index (χ0) is 83.6. The molecule has 0 aromatic heterocycles. The van der Waals surface area contributed by atoms with Crippen LogP contribution < -0.4 is 87.6 Å². The zero-order valence-electron chi connectivity index (χ0n) is 65.0. The molecule has 4 unspecified atom stereocenters. The van der Waals surface area contributed by atoms with Crippen molar-refractivity contribution < 1.29 is 117 Å². The van der Waals surface area contributed by atoms with Gasteiger partial charge in [-0.2, -0.15) is 0 Å². The molecule has 0 radical (unpaired) electrons. The summed E-state index contributed by atoms with van der Waals surface area (Å²) in [6.07, 6.45) is -8.23. The lowest BCUT2D eigenvalue weighted by atomic mass is 9.84. The molecule has 10 aromatic carbocycles. The largest absolute Gasteiger partial charge is 0.586 e. The van der Waals surface area contributed by atoms with Gasteiger partial charge in [0.05, 0.1) is 41.7 Å². The molecule has 19 rings (SSSR count). The molecule has 0 saturated heterocycles. The molecule has 0 spiro atoms. The average Bonchev–Trinajstić information content (AvgIpc) is 1.53. The fourth-order valence-electron chi connectivity index (χ4n) is 15.3. The van der Waals surface area contributed by atoms with E-state index in [0.29, 0.717) is 94.2 Å². The highest BCUT2D eigenvalue weighted by Gasteiger charge is 2.48. The van der Waals surface area contributed by atoms with E-state index >= 15 is 0 Å². The third-order valence-electron chi connectivity index (χ3n) is 20.6. The van der Waals surface area contributed by atoms with Crippen molar-refractivity contribution in [1.82, 2.24) is 0 Å². The first-order chi connectivity index (χ1) is 57.2. The van der Waals surface area contributed by atoms with Gasteiger partial charge in [-0.25, -0.2) is 0 Å². The first kappa shape index (κ1) is 80.5. The Morgan fingerprint density at radius 1 is 0.387 bits per heavy atom. The van der Waals surface area contributed by atoms with E-state index in [-0.39, 0.29) is 114 Å². The van der Waals surface area contributed by atoms with Crippen LogP contribution in [0.25, 0.3) is 5.57 Å². The number of methoxy groups -OCH3 is 4. The third-order valence-corrected chi connectivity index (χ3v) is 20.6. The van der Waals surface area contributed by atoms with Crippen LogP contribution in [0.5, 0.6) is 80.5 Å². The summed E-state index contributed by atoms with van der Waals surface area (Å²) in [6.45, 7) is 7.19. The summed E-state index contributed by atoms with van der Waals surface area (Å²) in [5.74, 6) is 4.62. The van der Waals surface area contributed by atoms with Crippen LogP contribution in [0.3, 0.4) is 0 Å². The number of ether oxygens (including phenoxy) is 14.